The maximum Gasteiger partial charge on any atom is 0.183 e. The molecule has 0 saturated carbocycles. The highest BCUT2D eigenvalue weighted by molar-refractivity contribution is 7.96. The van der Waals surface area contributed by atoms with Crippen molar-refractivity contribution in [3.8, 4) is 0 Å². The first-order valence-corrected chi connectivity index (χ1v) is 10.7. The summed E-state index contributed by atoms with van der Waals surface area (Å²) >= 11 is 0. The molecule has 2 saturated heterocycles. The standard InChI is InChI=1S/C14H18FNO5S2/c15-11-1-3-12(4-2-11)23(19,20)14-10-22(17,18)9-13(14)16-5-7-21-8-6-16/h1-4,13-14H,5-10H2. The molecule has 2 fully saturated rings. The van der Waals surface area contributed by atoms with E-state index in [2.05, 4.69) is 0 Å². The molecule has 0 aromatic heterocycles. The van der Waals surface area contributed by atoms with Crippen LogP contribution in [-0.4, -0.2) is 70.8 Å². The second-order valence-corrected chi connectivity index (χ2v) is 10.2. The summed E-state index contributed by atoms with van der Waals surface area (Å²) in [5.74, 6) is -1.10. The summed E-state index contributed by atoms with van der Waals surface area (Å²) < 4.78 is 68.0. The number of nitrogens with zero attached hydrogens (tertiary/aromatic N) is 1. The van der Waals surface area contributed by atoms with Crippen LogP contribution in [-0.2, 0) is 24.4 Å². The van der Waals surface area contributed by atoms with Crippen molar-refractivity contribution in [3.63, 3.8) is 0 Å². The molecule has 2 unspecified atom stereocenters. The maximum atomic E-state index is 13.0. The predicted octanol–water partition coefficient (Wildman–Crippen LogP) is 0.0972. The van der Waals surface area contributed by atoms with Crippen LogP contribution in [0.5, 0.6) is 0 Å². The average Bonchev–Trinajstić information content (AvgIpc) is 2.85. The molecular formula is C14H18FNO5S2. The highest BCUT2D eigenvalue weighted by atomic mass is 32.2. The van der Waals surface area contributed by atoms with Crippen molar-refractivity contribution in [2.75, 3.05) is 37.8 Å². The third-order valence-electron chi connectivity index (χ3n) is 4.33. The van der Waals surface area contributed by atoms with Gasteiger partial charge in [0.15, 0.2) is 19.7 Å². The second-order valence-electron chi connectivity index (χ2n) is 5.83. The minimum Gasteiger partial charge on any atom is -0.379 e. The smallest absolute Gasteiger partial charge is 0.183 e. The first-order valence-electron chi connectivity index (χ1n) is 7.31. The molecule has 0 spiro atoms. The molecule has 0 aliphatic carbocycles. The van der Waals surface area contributed by atoms with Gasteiger partial charge in [0.05, 0.1) is 34.9 Å². The van der Waals surface area contributed by atoms with Gasteiger partial charge in [-0.2, -0.15) is 0 Å². The fourth-order valence-corrected chi connectivity index (χ4v) is 7.97. The van der Waals surface area contributed by atoms with Crippen LogP contribution in [0.15, 0.2) is 29.2 Å². The van der Waals surface area contributed by atoms with Crippen molar-refractivity contribution in [1.29, 1.82) is 0 Å². The lowest BCUT2D eigenvalue weighted by Gasteiger charge is -2.34. The summed E-state index contributed by atoms with van der Waals surface area (Å²) in [6, 6.07) is 3.93. The van der Waals surface area contributed by atoms with E-state index in [-0.39, 0.29) is 10.6 Å². The van der Waals surface area contributed by atoms with E-state index < -0.39 is 42.5 Å². The van der Waals surface area contributed by atoms with Crippen LogP contribution in [0.2, 0.25) is 0 Å². The van der Waals surface area contributed by atoms with E-state index in [1.807, 2.05) is 4.90 Å². The number of morpholine rings is 1. The largest absolute Gasteiger partial charge is 0.379 e. The zero-order valence-corrected chi connectivity index (χ0v) is 14.0. The Labute approximate surface area is 135 Å². The normalized spacial score (nSPS) is 28.7. The Hall–Kier alpha value is -1.03. The molecule has 128 valence electrons. The molecule has 0 N–H and O–H groups in total. The zero-order valence-electron chi connectivity index (χ0n) is 12.4. The molecule has 2 aliphatic rings. The van der Waals surface area contributed by atoms with E-state index in [1.165, 1.54) is 12.1 Å². The van der Waals surface area contributed by atoms with Crippen molar-refractivity contribution in [1.82, 2.24) is 4.90 Å². The molecule has 2 atom stereocenters. The van der Waals surface area contributed by atoms with Crippen molar-refractivity contribution < 1.29 is 26.0 Å². The highest BCUT2D eigenvalue weighted by Gasteiger charge is 2.48. The molecule has 0 bridgehead atoms. The fourth-order valence-electron chi connectivity index (χ4n) is 3.14. The number of ether oxygens (including phenoxy) is 1. The number of rotatable bonds is 3. The average molecular weight is 363 g/mol. The van der Waals surface area contributed by atoms with E-state index in [4.69, 9.17) is 4.74 Å². The second kappa shape index (κ2) is 6.12. The Morgan fingerprint density at radius 3 is 2.30 bits per heavy atom. The van der Waals surface area contributed by atoms with Gasteiger partial charge in [-0.15, -0.1) is 0 Å². The van der Waals surface area contributed by atoms with Gasteiger partial charge in [0.1, 0.15) is 5.82 Å². The van der Waals surface area contributed by atoms with E-state index >= 15 is 0 Å². The molecule has 3 rings (SSSR count). The van der Waals surface area contributed by atoms with Crippen LogP contribution in [0.25, 0.3) is 0 Å². The predicted molar refractivity (Wildman–Crippen MR) is 82.2 cm³/mol. The summed E-state index contributed by atoms with van der Waals surface area (Å²) in [6.07, 6.45) is 0. The van der Waals surface area contributed by atoms with E-state index in [1.54, 1.807) is 0 Å². The van der Waals surface area contributed by atoms with Gasteiger partial charge in [-0.1, -0.05) is 0 Å². The highest BCUT2D eigenvalue weighted by Crippen LogP contribution is 2.29. The number of hydrogen-bond acceptors (Lipinski definition) is 6. The Balaban J connectivity index is 1.95. The lowest BCUT2D eigenvalue weighted by Crippen LogP contribution is -2.50. The van der Waals surface area contributed by atoms with E-state index in [0.717, 1.165) is 12.1 Å². The SMILES string of the molecule is O=S1(=O)CC(N2CCOCC2)C(S(=O)(=O)c2ccc(F)cc2)C1. The Kier molecular flexibility index (Phi) is 4.47. The fraction of sp³-hybridized carbons (Fsp3) is 0.571. The number of hydrogen-bond donors (Lipinski definition) is 0. The van der Waals surface area contributed by atoms with Crippen LogP contribution >= 0.6 is 0 Å². The Morgan fingerprint density at radius 2 is 1.70 bits per heavy atom. The van der Waals surface area contributed by atoms with Gasteiger partial charge >= 0.3 is 0 Å². The third kappa shape index (κ3) is 3.42. The lowest BCUT2D eigenvalue weighted by atomic mass is 10.2. The van der Waals surface area contributed by atoms with Crippen LogP contribution < -0.4 is 0 Å². The summed E-state index contributed by atoms with van der Waals surface area (Å²) in [5, 5.41) is -1.03. The molecule has 1 aromatic rings. The third-order valence-corrected chi connectivity index (χ3v) is 8.46. The van der Waals surface area contributed by atoms with Crippen molar-refractivity contribution >= 4 is 19.7 Å². The van der Waals surface area contributed by atoms with Crippen molar-refractivity contribution in [3.05, 3.63) is 30.1 Å². The minimum absolute atomic E-state index is 0.0424. The van der Waals surface area contributed by atoms with Crippen molar-refractivity contribution in [2.24, 2.45) is 0 Å². The zero-order chi connectivity index (χ0) is 16.7. The summed E-state index contributed by atoms with van der Waals surface area (Å²) in [6.45, 7) is 1.94. The van der Waals surface area contributed by atoms with E-state index in [0.29, 0.717) is 26.3 Å². The molecule has 2 aliphatic heterocycles. The monoisotopic (exact) mass is 363 g/mol. The lowest BCUT2D eigenvalue weighted by molar-refractivity contribution is 0.0222. The van der Waals surface area contributed by atoms with Crippen LogP contribution in [0.4, 0.5) is 4.39 Å². The molecule has 23 heavy (non-hydrogen) atoms. The summed E-state index contributed by atoms with van der Waals surface area (Å²) in [5.41, 5.74) is 0. The van der Waals surface area contributed by atoms with E-state index in [9.17, 15) is 21.2 Å². The number of benzene rings is 1. The first-order chi connectivity index (χ1) is 10.8. The van der Waals surface area contributed by atoms with Crippen LogP contribution in [0.3, 0.4) is 0 Å². The van der Waals surface area contributed by atoms with Gasteiger partial charge in [-0.05, 0) is 24.3 Å². The van der Waals surface area contributed by atoms with Crippen molar-refractivity contribution in [2.45, 2.75) is 16.2 Å². The molecule has 0 radical (unpaired) electrons. The van der Waals surface area contributed by atoms with Gasteiger partial charge < -0.3 is 4.74 Å². The minimum atomic E-state index is -3.85. The van der Waals surface area contributed by atoms with Gasteiger partial charge in [-0.3, -0.25) is 4.90 Å². The van der Waals surface area contributed by atoms with Gasteiger partial charge in [0.25, 0.3) is 0 Å². The topological polar surface area (TPSA) is 80.8 Å². The molecule has 2 heterocycles. The maximum absolute atomic E-state index is 13.0. The van der Waals surface area contributed by atoms with Gasteiger partial charge in [0.2, 0.25) is 0 Å². The summed E-state index contributed by atoms with van der Waals surface area (Å²) in [7, 11) is -7.28. The Bertz CT molecular complexity index is 770. The molecule has 0 amide bonds. The first kappa shape index (κ1) is 16.8. The van der Waals surface area contributed by atoms with Crippen LogP contribution in [0.1, 0.15) is 0 Å². The molecule has 1 aromatic carbocycles. The molecule has 9 heteroatoms. The number of sulfone groups is 2. The summed E-state index contributed by atoms with van der Waals surface area (Å²) in [4.78, 5) is 1.83. The number of halogens is 1. The molecule has 6 nitrogen and oxygen atoms in total. The van der Waals surface area contributed by atoms with Crippen LogP contribution in [0, 0.1) is 5.82 Å². The van der Waals surface area contributed by atoms with Gasteiger partial charge in [0, 0.05) is 19.1 Å². The quantitative estimate of drug-likeness (QED) is 0.709. The van der Waals surface area contributed by atoms with Gasteiger partial charge in [-0.25, -0.2) is 21.2 Å². The molecular weight excluding hydrogens is 345 g/mol. The Morgan fingerprint density at radius 1 is 1.09 bits per heavy atom.